The number of rotatable bonds is 6. The van der Waals surface area contributed by atoms with Crippen LogP contribution in [0.3, 0.4) is 0 Å². The van der Waals surface area contributed by atoms with Gasteiger partial charge in [0.25, 0.3) is 0 Å². The molecule has 30 heavy (non-hydrogen) atoms. The lowest BCUT2D eigenvalue weighted by Crippen LogP contribution is -2.43. The maximum atomic E-state index is 12.7. The van der Waals surface area contributed by atoms with Gasteiger partial charge in [-0.3, -0.25) is 24.1 Å². The van der Waals surface area contributed by atoms with Gasteiger partial charge in [-0.05, 0) is 31.0 Å². The zero-order valence-corrected chi connectivity index (χ0v) is 16.9. The number of anilines is 2. The highest BCUT2D eigenvalue weighted by molar-refractivity contribution is 6.45. The minimum absolute atomic E-state index is 0.253. The van der Waals surface area contributed by atoms with E-state index in [1.54, 1.807) is 12.1 Å². The molecule has 6 amide bonds. The van der Waals surface area contributed by atoms with Crippen molar-refractivity contribution >= 4 is 41.0 Å². The Morgan fingerprint density at radius 2 is 1.77 bits per heavy atom. The van der Waals surface area contributed by atoms with E-state index < -0.39 is 30.3 Å². The standard InChI is InChI=1S/C20H24N4O6/c1-12(25)21-13-8-9-16(30-2)15(10-13)22-17(26)11-23-18(27)19(28)24(20(23)29)14-6-4-3-5-7-14/h8-10,14H,3-7,11H2,1-2H3,(H,21,25)(H,22,26). The molecule has 1 aromatic carbocycles. The van der Waals surface area contributed by atoms with Gasteiger partial charge in [0, 0.05) is 18.7 Å². The molecule has 160 valence electrons. The quantitative estimate of drug-likeness (QED) is 0.537. The van der Waals surface area contributed by atoms with Gasteiger partial charge in [0.2, 0.25) is 11.8 Å². The number of carbonyl (C=O) groups is 5. The van der Waals surface area contributed by atoms with Crippen molar-refractivity contribution in [3.8, 4) is 5.75 Å². The predicted octanol–water partition coefficient (Wildman–Crippen LogP) is 1.72. The van der Waals surface area contributed by atoms with Crippen LogP contribution in [0.2, 0.25) is 0 Å². The number of nitrogens with one attached hydrogen (secondary N) is 2. The molecule has 2 aliphatic rings. The van der Waals surface area contributed by atoms with E-state index in [1.807, 2.05) is 0 Å². The molecule has 1 aromatic rings. The van der Waals surface area contributed by atoms with Crippen molar-refractivity contribution in [3.63, 3.8) is 0 Å². The Bertz CT molecular complexity index is 893. The largest absolute Gasteiger partial charge is 0.495 e. The van der Waals surface area contributed by atoms with E-state index in [1.165, 1.54) is 20.1 Å². The van der Waals surface area contributed by atoms with E-state index in [2.05, 4.69) is 10.6 Å². The Hall–Kier alpha value is -3.43. The fraction of sp³-hybridized carbons (Fsp3) is 0.450. The maximum absolute atomic E-state index is 12.7. The Kier molecular flexibility index (Phi) is 6.34. The van der Waals surface area contributed by atoms with Gasteiger partial charge in [0.1, 0.15) is 12.3 Å². The summed E-state index contributed by atoms with van der Waals surface area (Å²) in [6, 6.07) is 3.59. The Morgan fingerprint density at radius 1 is 1.07 bits per heavy atom. The van der Waals surface area contributed by atoms with Gasteiger partial charge in [0.15, 0.2) is 0 Å². The number of hydrogen-bond acceptors (Lipinski definition) is 6. The zero-order valence-electron chi connectivity index (χ0n) is 16.9. The number of nitrogens with zero attached hydrogens (tertiary/aromatic N) is 2. The molecule has 1 aliphatic carbocycles. The van der Waals surface area contributed by atoms with Crippen LogP contribution in [-0.2, 0) is 19.2 Å². The lowest BCUT2D eigenvalue weighted by atomic mass is 9.94. The Balaban J connectivity index is 1.71. The molecule has 2 fully saturated rings. The molecular weight excluding hydrogens is 392 g/mol. The van der Waals surface area contributed by atoms with Crippen molar-refractivity contribution in [2.45, 2.75) is 45.1 Å². The SMILES string of the molecule is COc1ccc(NC(C)=O)cc1NC(=O)CN1C(=O)C(=O)N(C2CCCCC2)C1=O. The summed E-state index contributed by atoms with van der Waals surface area (Å²) in [6.45, 7) is 0.752. The van der Waals surface area contributed by atoms with Crippen molar-refractivity contribution in [1.82, 2.24) is 9.80 Å². The number of hydrogen-bond donors (Lipinski definition) is 2. The van der Waals surface area contributed by atoms with Crippen LogP contribution >= 0.6 is 0 Å². The van der Waals surface area contributed by atoms with Crippen LogP contribution in [-0.4, -0.2) is 59.2 Å². The summed E-state index contributed by atoms with van der Waals surface area (Å²) in [7, 11) is 1.41. The Labute approximate surface area is 173 Å². The van der Waals surface area contributed by atoms with Crippen LogP contribution in [0.15, 0.2) is 18.2 Å². The number of benzene rings is 1. The van der Waals surface area contributed by atoms with Crippen LogP contribution in [0, 0.1) is 0 Å². The summed E-state index contributed by atoms with van der Waals surface area (Å²) in [5.74, 6) is -2.51. The van der Waals surface area contributed by atoms with Crippen LogP contribution in [0.4, 0.5) is 16.2 Å². The highest BCUT2D eigenvalue weighted by Crippen LogP contribution is 2.29. The normalized spacial score (nSPS) is 17.3. The number of imide groups is 2. The third-order valence-electron chi connectivity index (χ3n) is 5.12. The molecule has 1 aliphatic heterocycles. The molecular formula is C20H24N4O6. The molecule has 3 rings (SSSR count). The summed E-state index contributed by atoms with van der Waals surface area (Å²) in [4.78, 5) is 62.7. The molecule has 0 bridgehead atoms. The smallest absolute Gasteiger partial charge is 0.334 e. The molecule has 1 heterocycles. The number of methoxy groups -OCH3 is 1. The van der Waals surface area contributed by atoms with E-state index in [0.717, 1.165) is 24.2 Å². The van der Waals surface area contributed by atoms with Crippen LogP contribution in [0.25, 0.3) is 0 Å². The summed E-state index contributed by atoms with van der Waals surface area (Å²) in [6.07, 6.45) is 4.14. The summed E-state index contributed by atoms with van der Waals surface area (Å²) >= 11 is 0. The van der Waals surface area contributed by atoms with Gasteiger partial charge in [-0.1, -0.05) is 19.3 Å². The van der Waals surface area contributed by atoms with Gasteiger partial charge in [-0.15, -0.1) is 0 Å². The fourth-order valence-electron chi connectivity index (χ4n) is 3.74. The second-order valence-electron chi connectivity index (χ2n) is 7.29. The first-order chi connectivity index (χ1) is 14.3. The molecule has 2 N–H and O–H groups in total. The molecule has 1 saturated carbocycles. The average molecular weight is 416 g/mol. The Morgan fingerprint density at radius 3 is 2.40 bits per heavy atom. The topological polar surface area (TPSA) is 125 Å². The maximum Gasteiger partial charge on any atom is 0.334 e. The first kappa shape index (κ1) is 21.3. The highest BCUT2D eigenvalue weighted by Gasteiger charge is 2.48. The van der Waals surface area contributed by atoms with E-state index in [4.69, 9.17) is 4.74 Å². The second kappa shape index (κ2) is 8.93. The van der Waals surface area contributed by atoms with Crippen molar-refractivity contribution in [3.05, 3.63) is 18.2 Å². The van der Waals surface area contributed by atoms with Gasteiger partial charge in [0.05, 0.1) is 12.8 Å². The number of amides is 6. The molecule has 0 spiro atoms. The first-order valence-electron chi connectivity index (χ1n) is 9.76. The fourth-order valence-corrected chi connectivity index (χ4v) is 3.74. The number of urea groups is 1. The molecule has 1 saturated heterocycles. The van der Waals surface area contributed by atoms with Gasteiger partial charge in [-0.2, -0.15) is 0 Å². The van der Waals surface area contributed by atoms with Gasteiger partial charge >= 0.3 is 17.8 Å². The third-order valence-corrected chi connectivity index (χ3v) is 5.12. The highest BCUT2D eigenvalue weighted by atomic mass is 16.5. The number of carbonyl (C=O) groups excluding carboxylic acids is 5. The summed E-state index contributed by atoms with van der Waals surface area (Å²) in [5.41, 5.74) is 0.689. The van der Waals surface area contributed by atoms with Gasteiger partial charge < -0.3 is 15.4 Å². The predicted molar refractivity (Wildman–Crippen MR) is 107 cm³/mol. The van der Waals surface area contributed by atoms with Crippen LogP contribution in [0.5, 0.6) is 5.75 Å². The molecule has 0 atom stereocenters. The lowest BCUT2D eigenvalue weighted by molar-refractivity contribution is -0.144. The third kappa shape index (κ3) is 4.42. The lowest BCUT2D eigenvalue weighted by Gasteiger charge is -2.28. The molecule has 10 heteroatoms. The van der Waals surface area contributed by atoms with Crippen molar-refractivity contribution in [2.24, 2.45) is 0 Å². The molecule has 0 radical (unpaired) electrons. The molecule has 0 unspecified atom stereocenters. The van der Waals surface area contributed by atoms with Gasteiger partial charge in [-0.25, -0.2) is 9.69 Å². The minimum atomic E-state index is -1.00. The van der Waals surface area contributed by atoms with Crippen LogP contribution < -0.4 is 15.4 Å². The molecule has 10 nitrogen and oxygen atoms in total. The summed E-state index contributed by atoms with van der Waals surface area (Å²) < 4.78 is 5.19. The van der Waals surface area contributed by atoms with E-state index >= 15 is 0 Å². The van der Waals surface area contributed by atoms with Crippen LogP contribution in [0.1, 0.15) is 39.0 Å². The molecule has 0 aromatic heterocycles. The first-order valence-corrected chi connectivity index (χ1v) is 9.76. The zero-order chi connectivity index (χ0) is 21.8. The van der Waals surface area contributed by atoms with Crippen molar-refractivity contribution < 1.29 is 28.7 Å². The monoisotopic (exact) mass is 416 g/mol. The van der Waals surface area contributed by atoms with Crippen molar-refractivity contribution in [2.75, 3.05) is 24.3 Å². The van der Waals surface area contributed by atoms with E-state index in [0.29, 0.717) is 29.2 Å². The van der Waals surface area contributed by atoms with Crippen molar-refractivity contribution in [1.29, 1.82) is 0 Å². The van der Waals surface area contributed by atoms with E-state index in [-0.39, 0.29) is 17.6 Å². The average Bonchev–Trinajstić information content (AvgIpc) is 2.91. The number of ether oxygens (including phenoxy) is 1. The summed E-state index contributed by atoms with van der Waals surface area (Å²) in [5, 5.41) is 5.15. The second-order valence-corrected chi connectivity index (χ2v) is 7.29. The van der Waals surface area contributed by atoms with E-state index in [9.17, 15) is 24.0 Å². The minimum Gasteiger partial charge on any atom is -0.495 e.